The molecule has 192 valence electrons. The number of hydrogen-bond acceptors (Lipinski definition) is 9. The van der Waals surface area contributed by atoms with Crippen molar-refractivity contribution in [1.29, 1.82) is 0 Å². The van der Waals surface area contributed by atoms with Gasteiger partial charge in [0.2, 0.25) is 5.95 Å². The number of esters is 1. The molecule has 0 aromatic carbocycles. The SMILES string of the molecule is CCCC(CCC)COC(=O)C(C)NP1(=O)OCC2(CO1)C/C2=C/n1cnc2c(=O)[nH]c(N)nc21. The predicted molar refractivity (Wildman–Crippen MR) is 130 cm³/mol. The lowest BCUT2D eigenvalue weighted by atomic mass is 9.99. The van der Waals surface area contributed by atoms with E-state index in [2.05, 4.69) is 33.9 Å². The maximum absolute atomic E-state index is 13.0. The number of nitrogens with zero attached hydrogens (tertiary/aromatic N) is 3. The molecule has 3 heterocycles. The number of ether oxygens (including phenoxy) is 1. The molecule has 2 aromatic rings. The Kier molecular flexibility index (Phi) is 7.46. The molecule has 12 nitrogen and oxygen atoms in total. The summed E-state index contributed by atoms with van der Waals surface area (Å²) in [5.41, 5.74) is 6.33. The van der Waals surface area contributed by atoms with E-state index in [0.717, 1.165) is 31.3 Å². The Hall–Kier alpha value is -2.53. The van der Waals surface area contributed by atoms with Gasteiger partial charge in [0.25, 0.3) is 5.56 Å². The van der Waals surface area contributed by atoms with Crippen LogP contribution in [0.3, 0.4) is 0 Å². The molecule has 1 saturated carbocycles. The van der Waals surface area contributed by atoms with Crippen LogP contribution in [0.25, 0.3) is 17.4 Å². The quantitative estimate of drug-likeness (QED) is 0.321. The molecule has 1 unspecified atom stereocenters. The molecular weight excluding hydrogens is 475 g/mol. The van der Waals surface area contributed by atoms with Crippen LogP contribution in [-0.2, 0) is 23.1 Å². The number of hydrogen-bond donors (Lipinski definition) is 3. The summed E-state index contributed by atoms with van der Waals surface area (Å²) in [6.07, 6.45) is 8.03. The van der Waals surface area contributed by atoms with Gasteiger partial charge in [-0.15, -0.1) is 0 Å². The minimum absolute atomic E-state index is 0.00315. The third-order valence-electron chi connectivity index (χ3n) is 6.41. The summed E-state index contributed by atoms with van der Waals surface area (Å²) < 4.78 is 31.3. The Morgan fingerprint density at radius 3 is 2.71 bits per heavy atom. The molecule has 2 aromatic heterocycles. The van der Waals surface area contributed by atoms with Gasteiger partial charge in [-0.25, -0.2) is 14.6 Å². The Balaban J connectivity index is 1.33. The van der Waals surface area contributed by atoms with Crippen LogP contribution in [-0.4, -0.2) is 51.4 Å². The first-order chi connectivity index (χ1) is 16.7. The van der Waals surface area contributed by atoms with Gasteiger partial charge < -0.3 is 10.5 Å². The maximum Gasteiger partial charge on any atom is 0.406 e. The van der Waals surface area contributed by atoms with Crippen molar-refractivity contribution >= 4 is 37.0 Å². The minimum atomic E-state index is -3.66. The van der Waals surface area contributed by atoms with E-state index < -0.39 is 30.7 Å². The van der Waals surface area contributed by atoms with Crippen LogP contribution in [0.1, 0.15) is 52.9 Å². The number of carbonyl (C=O) groups excluding carboxylic acids is 1. The monoisotopic (exact) mass is 508 g/mol. The maximum atomic E-state index is 13.0. The van der Waals surface area contributed by atoms with E-state index in [-0.39, 0.29) is 24.7 Å². The summed E-state index contributed by atoms with van der Waals surface area (Å²) in [4.78, 5) is 35.0. The summed E-state index contributed by atoms with van der Waals surface area (Å²) in [6.45, 7) is 6.49. The van der Waals surface area contributed by atoms with Gasteiger partial charge in [0, 0.05) is 11.6 Å². The van der Waals surface area contributed by atoms with Crippen LogP contribution < -0.4 is 16.4 Å². The normalized spacial score (nSPS) is 26.0. The second kappa shape index (κ2) is 10.2. The van der Waals surface area contributed by atoms with E-state index in [1.165, 1.54) is 6.33 Å². The lowest BCUT2D eigenvalue weighted by molar-refractivity contribution is -0.147. The van der Waals surface area contributed by atoms with E-state index in [1.54, 1.807) is 17.7 Å². The topological polar surface area (TPSA) is 163 Å². The van der Waals surface area contributed by atoms with Crippen LogP contribution >= 0.6 is 7.75 Å². The van der Waals surface area contributed by atoms with Gasteiger partial charge in [0.1, 0.15) is 12.4 Å². The zero-order valence-electron chi connectivity index (χ0n) is 20.3. The number of nitrogens with one attached hydrogen (secondary N) is 2. The number of nitrogen functional groups attached to an aromatic ring is 1. The smallest absolute Gasteiger partial charge is 0.406 e. The molecule has 13 heteroatoms. The molecule has 1 aliphatic heterocycles. The molecule has 0 radical (unpaired) electrons. The number of H-pyrrole nitrogens is 1. The van der Waals surface area contributed by atoms with Crippen LogP contribution in [0, 0.1) is 11.3 Å². The number of aromatic amines is 1. The standard InChI is InChI=1S/C22H33N6O6P/c1-4-6-15(7-5-2)10-32-20(30)14(3)27-35(31)33-11-22(12-34-35)8-16(22)9-28-13-24-17-18(28)25-21(23)26-19(17)29/h9,13-15H,4-8,10-12H2,1-3H3,(H,27,31)(H3,23,25,26,29)/b16-9-. The van der Waals surface area contributed by atoms with E-state index in [1.807, 2.05) is 0 Å². The first kappa shape index (κ1) is 25.6. The predicted octanol–water partition coefficient (Wildman–Crippen LogP) is 2.83. The molecule has 1 atom stereocenters. The number of imidazole rings is 1. The van der Waals surface area contributed by atoms with Gasteiger partial charge in [0.15, 0.2) is 11.2 Å². The van der Waals surface area contributed by atoms with Gasteiger partial charge in [-0.1, -0.05) is 26.7 Å². The second-order valence-electron chi connectivity index (χ2n) is 9.36. The minimum Gasteiger partial charge on any atom is -0.464 e. The third kappa shape index (κ3) is 5.66. The highest BCUT2D eigenvalue weighted by molar-refractivity contribution is 7.51. The van der Waals surface area contributed by atoms with Crippen molar-refractivity contribution in [2.24, 2.45) is 11.3 Å². The summed E-state index contributed by atoms with van der Waals surface area (Å²) in [5, 5.41) is 2.69. The number of carbonyl (C=O) groups is 1. The van der Waals surface area contributed by atoms with Gasteiger partial charge >= 0.3 is 13.7 Å². The number of aromatic nitrogens is 4. The molecule has 0 amide bonds. The van der Waals surface area contributed by atoms with Crippen molar-refractivity contribution in [3.63, 3.8) is 0 Å². The molecular formula is C22H33N6O6P. The first-order valence-electron chi connectivity index (χ1n) is 12.0. The largest absolute Gasteiger partial charge is 0.464 e. The fourth-order valence-electron chi connectivity index (χ4n) is 4.31. The van der Waals surface area contributed by atoms with Crippen molar-refractivity contribution in [3.05, 3.63) is 22.3 Å². The Morgan fingerprint density at radius 2 is 2.06 bits per heavy atom. The molecule has 1 aliphatic carbocycles. The summed E-state index contributed by atoms with van der Waals surface area (Å²) in [7, 11) is -3.66. The van der Waals surface area contributed by atoms with Gasteiger partial charge in [-0.05, 0) is 37.7 Å². The van der Waals surface area contributed by atoms with Crippen LogP contribution in [0.15, 0.2) is 16.7 Å². The van der Waals surface area contributed by atoms with Crippen molar-refractivity contribution in [2.45, 2.75) is 58.9 Å². The van der Waals surface area contributed by atoms with Crippen molar-refractivity contribution in [1.82, 2.24) is 24.6 Å². The van der Waals surface area contributed by atoms with Crippen LogP contribution in [0.2, 0.25) is 0 Å². The molecule has 0 bridgehead atoms. The highest BCUT2D eigenvalue weighted by atomic mass is 31.2. The van der Waals surface area contributed by atoms with Gasteiger partial charge in [-0.3, -0.25) is 28.2 Å². The summed E-state index contributed by atoms with van der Waals surface area (Å²) >= 11 is 0. The Bertz CT molecular complexity index is 1200. The Labute approximate surface area is 203 Å². The molecule has 2 fully saturated rings. The van der Waals surface area contributed by atoms with Crippen molar-refractivity contribution < 1.29 is 23.1 Å². The second-order valence-corrected chi connectivity index (χ2v) is 11.1. The molecule has 4 rings (SSSR count). The van der Waals surface area contributed by atoms with Crippen LogP contribution in [0.4, 0.5) is 5.95 Å². The average molecular weight is 509 g/mol. The molecule has 35 heavy (non-hydrogen) atoms. The highest BCUT2D eigenvalue weighted by Crippen LogP contribution is 2.62. The van der Waals surface area contributed by atoms with Gasteiger partial charge in [0.05, 0.1) is 19.8 Å². The molecule has 1 spiro atoms. The first-order valence-corrected chi connectivity index (χ1v) is 13.5. The number of fused-ring (bicyclic) bond motifs is 1. The lowest BCUT2D eigenvalue weighted by Gasteiger charge is -2.30. The van der Waals surface area contributed by atoms with Gasteiger partial charge in [-0.2, -0.15) is 4.98 Å². The van der Waals surface area contributed by atoms with E-state index in [4.69, 9.17) is 19.5 Å². The highest BCUT2D eigenvalue weighted by Gasteiger charge is 2.55. The number of rotatable bonds is 10. The zero-order valence-corrected chi connectivity index (χ0v) is 21.2. The fourth-order valence-corrected chi connectivity index (χ4v) is 5.95. The van der Waals surface area contributed by atoms with E-state index >= 15 is 0 Å². The summed E-state index contributed by atoms with van der Waals surface area (Å²) in [5.74, 6) is -0.147. The molecule has 2 aliphatic rings. The van der Waals surface area contributed by atoms with E-state index in [0.29, 0.717) is 24.6 Å². The van der Waals surface area contributed by atoms with Crippen molar-refractivity contribution in [2.75, 3.05) is 25.6 Å². The van der Waals surface area contributed by atoms with Crippen LogP contribution in [0.5, 0.6) is 0 Å². The zero-order chi connectivity index (χ0) is 25.2. The molecule has 4 N–H and O–H groups in total. The summed E-state index contributed by atoms with van der Waals surface area (Å²) in [6, 6.07) is -0.833. The Morgan fingerprint density at radius 1 is 1.37 bits per heavy atom. The number of nitrogens with two attached hydrogens (primary N) is 1. The third-order valence-corrected chi connectivity index (χ3v) is 8.05. The molecule has 1 saturated heterocycles. The number of anilines is 1. The fraction of sp³-hybridized carbons (Fsp3) is 0.636. The van der Waals surface area contributed by atoms with E-state index in [9.17, 15) is 14.2 Å². The lowest BCUT2D eigenvalue weighted by Crippen LogP contribution is -2.38. The average Bonchev–Trinajstić information content (AvgIpc) is 3.32. The van der Waals surface area contributed by atoms with Crippen molar-refractivity contribution in [3.8, 4) is 0 Å².